The van der Waals surface area contributed by atoms with E-state index in [1.807, 2.05) is 51.1 Å². The van der Waals surface area contributed by atoms with Gasteiger partial charge in [-0.2, -0.15) is 0 Å². The number of fused-ring (bicyclic) bond motifs is 1. The summed E-state index contributed by atoms with van der Waals surface area (Å²) in [6, 6.07) is 13.6. The largest absolute Gasteiger partial charge is 0.324 e. The van der Waals surface area contributed by atoms with Gasteiger partial charge in [0.1, 0.15) is 0 Å². The lowest BCUT2D eigenvalue weighted by molar-refractivity contribution is -0.117. The Morgan fingerprint density at radius 1 is 1.04 bits per heavy atom. The number of rotatable bonds is 5. The predicted octanol–water partition coefficient (Wildman–Crippen LogP) is 4.54. The molecule has 0 aliphatic rings. The molecule has 2 amide bonds. The lowest BCUT2D eigenvalue weighted by Gasteiger charge is -2.25. The van der Waals surface area contributed by atoms with E-state index in [2.05, 4.69) is 22.4 Å². The fourth-order valence-corrected chi connectivity index (χ4v) is 3.66. The molecule has 2 aromatic carbocycles. The van der Waals surface area contributed by atoms with Crippen LogP contribution in [0.1, 0.15) is 30.0 Å². The highest BCUT2D eigenvalue weighted by molar-refractivity contribution is 6.01. The number of hydrogen-bond acceptors (Lipinski definition) is 3. The molecular weight excluding hydrogens is 350 g/mol. The van der Waals surface area contributed by atoms with Crippen LogP contribution in [0, 0.1) is 20.8 Å². The minimum absolute atomic E-state index is 0.0744. The highest BCUT2D eigenvalue weighted by Gasteiger charge is 2.18. The van der Waals surface area contributed by atoms with Gasteiger partial charge in [-0.15, -0.1) is 0 Å². The monoisotopic (exact) mass is 375 g/mol. The number of aromatic nitrogens is 1. The molecule has 0 spiro atoms. The van der Waals surface area contributed by atoms with E-state index in [-0.39, 0.29) is 18.2 Å². The average molecular weight is 375 g/mol. The molecule has 5 nitrogen and oxygen atoms in total. The van der Waals surface area contributed by atoms with E-state index in [0.29, 0.717) is 12.2 Å². The van der Waals surface area contributed by atoms with Crippen LogP contribution in [-0.2, 0) is 9.59 Å². The van der Waals surface area contributed by atoms with Crippen LogP contribution in [0.25, 0.3) is 10.9 Å². The maximum absolute atomic E-state index is 12.6. The molecule has 0 radical (unpaired) electrons. The molecule has 5 heteroatoms. The lowest BCUT2D eigenvalue weighted by Crippen LogP contribution is -2.33. The zero-order chi connectivity index (χ0) is 20.3. The first-order valence-electron chi connectivity index (χ1n) is 9.36. The Morgan fingerprint density at radius 2 is 1.71 bits per heavy atom. The molecule has 0 saturated carbocycles. The van der Waals surface area contributed by atoms with Gasteiger partial charge in [0, 0.05) is 37.2 Å². The van der Waals surface area contributed by atoms with Gasteiger partial charge < -0.3 is 10.2 Å². The van der Waals surface area contributed by atoms with Gasteiger partial charge in [0.25, 0.3) is 0 Å². The number of nitrogens with zero attached hydrogens (tertiary/aromatic N) is 2. The van der Waals surface area contributed by atoms with Crippen molar-refractivity contribution in [2.24, 2.45) is 0 Å². The van der Waals surface area contributed by atoms with E-state index >= 15 is 0 Å². The molecule has 1 N–H and O–H groups in total. The molecule has 3 aromatic rings. The average Bonchev–Trinajstić information content (AvgIpc) is 2.63. The Bertz CT molecular complexity index is 1010. The zero-order valence-electron chi connectivity index (χ0n) is 16.7. The number of carbonyl (C=O) groups is 2. The third-order valence-electron chi connectivity index (χ3n) is 4.75. The quantitative estimate of drug-likeness (QED) is 0.712. The zero-order valence-corrected chi connectivity index (χ0v) is 16.7. The summed E-state index contributed by atoms with van der Waals surface area (Å²) in [5, 5.41) is 3.90. The first kappa shape index (κ1) is 19.5. The summed E-state index contributed by atoms with van der Waals surface area (Å²) in [5.74, 6) is -0.221. The van der Waals surface area contributed by atoms with Crippen molar-refractivity contribution < 1.29 is 9.59 Å². The van der Waals surface area contributed by atoms with E-state index in [1.54, 1.807) is 11.1 Å². The van der Waals surface area contributed by atoms with Crippen LogP contribution in [0.3, 0.4) is 0 Å². The second kappa shape index (κ2) is 8.21. The minimum atomic E-state index is -0.146. The first-order chi connectivity index (χ1) is 13.4. The van der Waals surface area contributed by atoms with E-state index in [4.69, 9.17) is 0 Å². The number of hydrogen-bond donors (Lipinski definition) is 1. The SMILES string of the molecule is CC(=O)N(CCC(=O)Nc1cccc2cccnc12)c1c(C)cc(C)cc1C. The molecule has 28 heavy (non-hydrogen) atoms. The predicted molar refractivity (Wildman–Crippen MR) is 114 cm³/mol. The number of anilines is 2. The van der Waals surface area contributed by atoms with Gasteiger partial charge >= 0.3 is 0 Å². The summed E-state index contributed by atoms with van der Waals surface area (Å²) in [7, 11) is 0. The summed E-state index contributed by atoms with van der Waals surface area (Å²) in [4.78, 5) is 30.9. The Balaban J connectivity index is 1.76. The highest BCUT2D eigenvalue weighted by Crippen LogP contribution is 2.27. The summed E-state index contributed by atoms with van der Waals surface area (Å²) in [6.45, 7) is 7.88. The third kappa shape index (κ3) is 4.19. The highest BCUT2D eigenvalue weighted by atomic mass is 16.2. The smallest absolute Gasteiger partial charge is 0.226 e. The van der Waals surface area contributed by atoms with Crippen molar-refractivity contribution in [3.05, 3.63) is 65.4 Å². The summed E-state index contributed by atoms with van der Waals surface area (Å²) >= 11 is 0. The van der Waals surface area contributed by atoms with Gasteiger partial charge in [-0.1, -0.05) is 35.9 Å². The van der Waals surface area contributed by atoms with E-state index in [1.165, 1.54) is 6.92 Å². The van der Waals surface area contributed by atoms with Gasteiger partial charge in [-0.05, 0) is 44.0 Å². The topological polar surface area (TPSA) is 62.3 Å². The second-order valence-electron chi connectivity index (χ2n) is 7.10. The molecule has 3 rings (SSSR count). The molecule has 0 saturated heterocycles. The fraction of sp³-hybridized carbons (Fsp3) is 0.261. The van der Waals surface area contributed by atoms with Gasteiger partial charge in [0.05, 0.1) is 11.2 Å². The van der Waals surface area contributed by atoms with Crippen LogP contribution in [0.15, 0.2) is 48.7 Å². The third-order valence-corrected chi connectivity index (χ3v) is 4.75. The van der Waals surface area contributed by atoms with Crippen molar-refractivity contribution in [2.75, 3.05) is 16.8 Å². The molecule has 144 valence electrons. The molecule has 0 fully saturated rings. The number of carbonyl (C=O) groups excluding carboxylic acids is 2. The molecular formula is C23H25N3O2. The van der Waals surface area contributed by atoms with Crippen LogP contribution in [-0.4, -0.2) is 23.3 Å². The van der Waals surface area contributed by atoms with Gasteiger partial charge in [0.2, 0.25) is 11.8 Å². The molecule has 0 aliphatic carbocycles. The van der Waals surface area contributed by atoms with Crippen molar-refractivity contribution in [1.82, 2.24) is 4.98 Å². The van der Waals surface area contributed by atoms with Crippen LogP contribution >= 0.6 is 0 Å². The number of para-hydroxylation sites is 1. The van der Waals surface area contributed by atoms with Crippen LogP contribution in [0.5, 0.6) is 0 Å². The number of pyridine rings is 1. The maximum atomic E-state index is 12.6. The number of nitrogens with one attached hydrogen (secondary N) is 1. The Hall–Kier alpha value is -3.21. The number of aryl methyl sites for hydroxylation is 3. The number of benzene rings is 2. The van der Waals surface area contributed by atoms with Gasteiger partial charge in [-0.3, -0.25) is 14.6 Å². The van der Waals surface area contributed by atoms with Crippen molar-refractivity contribution in [3.8, 4) is 0 Å². The van der Waals surface area contributed by atoms with Crippen molar-refractivity contribution >= 4 is 34.1 Å². The minimum Gasteiger partial charge on any atom is -0.324 e. The maximum Gasteiger partial charge on any atom is 0.226 e. The summed E-state index contributed by atoms with van der Waals surface area (Å²) < 4.78 is 0. The van der Waals surface area contributed by atoms with Crippen LogP contribution in [0.4, 0.5) is 11.4 Å². The molecule has 0 unspecified atom stereocenters. The molecule has 0 aliphatic heterocycles. The number of amides is 2. The first-order valence-corrected chi connectivity index (χ1v) is 9.36. The van der Waals surface area contributed by atoms with Crippen molar-refractivity contribution in [2.45, 2.75) is 34.1 Å². The van der Waals surface area contributed by atoms with Gasteiger partial charge in [0.15, 0.2) is 0 Å². The summed E-state index contributed by atoms with van der Waals surface area (Å²) in [5.41, 5.74) is 5.55. The standard InChI is InChI=1S/C23H25N3O2/c1-15-13-16(2)23(17(3)14-15)26(18(4)27)12-10-21(28)25-20-9-5-7-19-8-6-11-24-22(19)20/h5-9,11,13-14H,10,12H2,1-4H3,(H,25,28). The fourth-order valence-electron chi connectivity index (χ4n) is 3.66. The van der Waals surface area contributed by atoms with Crippen LogP contribution < -0.4 is 10.2 Å². The van der Waals surface area contributed by atoms with Crippen LogP contribution in [0.2, 0.25) is 0 Å². The Labute approximate surface area is 165 Å². The van der Waals surface area contributed by atoms with Gasteiger partial charge in [-0.25, -0.2) is 0 Å². The normalized spacial score (nSPS) is 10.7. The van der Waals surface area contributed by atoms with Crippen molar-refractivity contribution in [1.29, 1.82) is 0 Å². The molecule has 0 atom stereocenters. The second-order valence-corrected chi connectivity index (χ2v) is 7.10. The lowest BCUT2D eigenvalue weighted by atomic mass is 10.0. The van der Waals surface area contributed by atoms with E-state index < -0.39 is 0 Å². The molecule has 1 heterocycles. The Morgan fingerprint density at radius 3 is 2.39 bits per heavy atom. The van der Waals surface area contributed by atoms with E-state index in [9.17, 15) is 9.59 Å². The Kier molecular flexibility index (Phi) is 5.73. The van der Waals surface area contributed by atoms with E-state index in [0.717, 1.165) is 33.3 Å². The molecule has 1 aromatic heterocycles. The summed E-state index contributed by atoms with van der Waals surface area (Å²) in [6.07, 6.45) is 1.91. The van der Waals surface area contributed by atoms with Crippen molar-refractivity contribution in [3.63, 3.8) is 0 Å². The molecule has 0 bridgehead atoms.